The van der Waals surface area contributed by atoms with Crippen molar-refractivity contribution in [1.82, 2.24) is 0 Å². The van der Waals surface area contributed by atoms with E-state index in [1.54, 1.807) is 0 Å². The van der Waals surface area contributed by atoms with E-state index in [0.29, 0.717) is 17.4 Å². The molecule has 0 aromatic rings. The summed E-state index contributed by atoms with van der Waals surface area (Å²) in [6, 6.07) is 0. The Labute approximate surface area is 96.5 Å². The Morgan fingerprint density at radius 3 is 2.19 bits per heavy atom. The van der Waals surface area contributed by atoms with E-state index in [0.717, 1.165) is 0 Å². The standard InChI is InChI=1S/C9H19NO5S/c1-8(11)15-9(7-16(12,13)14)5-6-10(2,3)4/h9H,5-7H2,1-4H3/p+1. The molecule has 0 radical (unpaired) electrons. The van der Waals surface area contributed by atoms with Gasteiger partial charge in [-0.15, -0.1) is 0 Å². The molecule has 6 nitrogen and oxygen atoms in total. The summed E-state index contributed by atoms with van der Waals surface area (Å²) in [6.07, 6.45) is -0.395. The fourth-order valence-electron chi connectivity index (χ4n) is 1.18. The summed E-state index contributed by atoms with van der Waals surface area (Å²) < 4.78 is 35.6. The van der Waals surface area contributed by atoms with Gasteiger partial charge in [-0.1, -0.05) is 0 Å². The highest BCUT2D eigenvalue weighted by atomic mass is 32.2. The van der Waals surface area contributed by atoms with Crippen molar-refractivity contribution < 1.29 is 27.0 Å². The Kier molecular flexibility index (Phi) is 5.37. The molecule has 0 aliphatic heterocycles. The third kappa shape index (κ3) is 9.88. The zero-order valence-corrected chi connectivity index (χ0v) is 11.0. The van der Waals surface area contributed by atoms with Crippen LogP contribution in [0.4, 0.5) is 0 Å². The minimum atomic E-state index is -4.12. The monoisotopic (exact) mass is 254 g/mol. The predicted octanol–water partition coefficient (Wildman–Crippen LogP) is -0.0978. The van der Waals surface area contributed by atoms with Crippen molar-refractivity contribution in [2.24, 2.45) is 0 Å². The largest absolute Gasteiger partial charge is 0.461 e. The SMILES string of the molecule is CC(=O)OC(CC[N+](C)(C)C)CS(=O)(=O)O. The van der Waals surface area contributed by atoms with Gasteiger partial charge in [0.15, 0.2) is 0 Å². The number of hydrogen-bond donors (Lipinski definition) is 1. The quantitative estimate of drug-likeness (QED) is 0.407. The van der Waals surface area contributed by atoms with E-state index in [9.17, 15) is 13.2 Å². The molecular formula is C9H20NO5S+. The molecule has 0 aromatic carbocycles. The Bertz CT molecular complexity index is 330. The van der Waals surface area contributed by atoms with Crippen LogP contribution < -0.4 is 0 Å². The van der Waals surface area contributed by atoms with Crippen LogP contribution in [-0.4, -0.2) is 63.0 Å². The number of nitrogens with zero attached hydrogens (tertiary/aromatic N) is 1. The summed E-state index contributed by atoms with van der Waals surface area (Å²) in [4.78, 5) is 10.8. The molecule has 1 unspecified atom stereocenters. The van der Waals surface area contributed by atoms with Crippen molar-refractivity contribution in [1.29, 1.82) is 0 Å². The molecule has 96 valence electrons. The van der Waals surface area contributed by atoms with Crippen LogP contribution in [0, 0.1) is 0 Å². The third-order valence-corrected chi connectivity index (χ3v) is 2.64. The van der Waals surface area contributed by atoms with Crippen molar-refractivity contribution in [2.75, 3.05) is 33.4 Å². The number of hydrogen-bond acceptors (Lipinski definition) is 4. The Hall–Kier alpha value is -0.660. The van der Waals surface area contributed by atoms with Crippen LogP contribution in [0.3, 0.4) is 0 Å². The molecular weight excluding hydrogens is 234 g/mol. The maximum atomic E-state index is 10.8. The highest BCUT2D eigenvalue weighted by Crippen LogP contribution is 2.06. The Morgan fingerprint density at radius 2 is 1.88 bits per heavy atom. The highest BCUT2D eigenvalue weighted by Gasteiger charge is 2.22. The van der Waals surface area contributed by atoms with Crippen molar-refractivity contribution in [3.63, 3.8) is 0 Å². The molecule has 0 spiro atoms. The van der Waals surface area contributed by atoms with Crippen LogP contribution in [-0.2, 0) is 19.6 Å². The predicted molar refractivity (Wildman–Crippen MR) is 59.5 cm³/mol. The maximum Gasteiger partial charge on any atom is 0.302 e. The number of quaternary nitrogens is 1. The number of ether oxygens (including phenoxy) is 1. The van der Waals surface area contributed by atoms with Gasteiger partial charge < -0.3 is 9.22 Å². The zero-order chi connectivity index (χ0) is 13.0. The lowest BCUT2D eigenvalue weighted by molar-refractivity contribution is -0.870. The summed E-state index contributed by atoms with van der Waals surface area (Å²) in [6.45, 7) is 1.86. The molecule has 7 heteroatoms. The molecule has 0 rings (SSSR count). The van der Waals surface area contributed by atoms with Gasteiger partial charge in [-0.2, -0.15) is 8.42 Å². The second kappa shape index (κ2) is 5.60. The molecule has 0 aliphatic carbocycles. The van der Waals surface area contributed by atoms with E-state index in [1.807, 2.05) is 21.1 Å². The van der Waals surface area contributed by atoms with Gasteiger partial charge in [0.1, 0.15) is 11.9 Å². The average Bonchev–Trinajstić information content (AvgIpc) is 1.94. The van der Waals surface area contributed by atoms with E-state index in [-0.39, 0.29) is 0 Å². The van der Waals surface area contributed by atoms with Gasteiger partial charge in [0, 0.05) is 13.3 Å². The first-order valence-corrected chi connectivity index (χ1v) is 6.53. The first-order chi connectivity index (χ1) is 6.99. The zero-order valence-electron chi connectivity index (χ0n) is 10.1. The van der Waals surface area contributed by atoms with Gasteiger partial charge in [0.2, 0.25) is 0 Å². The number of rotatable bonds is 6. The normalized spacial score (nSPS) is 14.6. The van der Waals surface area contributed by atoms with Crippen molar-refractivity contribution in [3.8, 4) is 0 Å². The van der Waals surface area contributed by atoms with Crippen molar-refractivity contribution in [3.05, 3.63) is 0 Å². The van der Waals surface area contributed by atoms with E-state index in [2.05, 4.69) is 0 Å². The van der Waals surface area contributed by atoms with Crippen LogP contribution in [0.2, 0.25) is 0 Å². The van der Waals surface area contributed by atoms with Gasteiger partial charge in [-0.3, -0.25) is 9.35 Å². The molecule has 0 heterocycles. The molecule has 0 aromatic heterocycles. The van der Waals surface area contributed by atoms with Crippen LogP contribution in [0.15, 0.2) is 0 Å². The average molecular weight is 254 g/mol. The second-order valence-corrected chi connectivity index (χ2v) is 6.28. The smallest absolute Gasteiger partial charge is 0.302 e. The highest BCUT2D eigenvalue weighted by molar-refractivity contribution is 7.85. The van der Waals surface area contributed by atoms with Gasteiger partial charge in [-0.25, -0.2) is 0 Å². The molecule has 0 aliphatic rings. The molecule has 1 N–H and O–H groups in total. The van der Waals surface area contributed by atoms with E-state index in [4.69, 9.17) is 9.29 Å². The van der Waals surface area contributed by atoms with Gasteiger partial charge >= 0.3 is 5.97 Å². The summed E-state index contributed by atoms with van der Waals surface area (Å²) in [5, 5.41) is 0. The Balaban J connectivity index is 4.39. The lowest BCUT2D eigenvalue weighted by Gasteiger charge is -2.26. The summed E-state index contributed by atoms with van der Waals surface area (Å²) >= 11 is 0. The first kappa shape index (κ1) is 15.3. The molecule has 0 bridgehead atoms. The second-order valence-electron chi connectivity index (χ2n) is 4.78. The fourth-order valence-corrected chi connectivity index (χ4v) is 1.88. The minimum Gasteiger partial charge on any atom is -0.461 e. The van der Waals surface area contributed by atoms with Crippen molar-refractivity contribution in [2.45, 2.75) is 19.4 Å². The van der Waals surface area contributed by atoms with Crippen molar-refractivity contribution >= 4 is 16.1 Å². The number of carbonyl (C=O) groups is 1. The van der Waals surface area contributed by atoms with E-state index in [1.165, 1.54) is 6.92 Å². The lowest BCUT2D eigenvalue weighted by Crippen LogP contribution is -2.39. The minimum absolute atomic E-state index is 0.392. The molecule has 0 saturated heterocycles. The Morgan fingerprint density at radius 1 is 1.38 bits per heavy atom. The molecule has 0 fully saturated rings. The number of esters is 1. The summed E-state index contributed by atoms with van der Waals surface area (Å²) in [5.41, 5.74) is 0. The fraction of sp³-hybridized carbons (Fsp3) is 0.889. The summed E-state index contributed by atoms with van der Waals surface area (Å²) in [5.74, 6) is -1.10. The van der Waals surface area contributed by atoms with Gasteiger partial charge in [0.25, 0.3) is 10.1 Å². The number of carbonyl (C=O) groups excluding carboxylic acids is 1. The summed E-state index contributed by atoms with van der Waals surface area (Å²) in [7, 11) is 1.71. The lowest BCUT2D eigenvalue weighted by atomic mass is 10.2. The van der Waals surface area contributed by atoms with Gasteiger partial charge in [0.05, 0.1) is 27.7 Å². The molecule has 16 heavy (non-hydrogen) atoms. The van der Waals surface area contributed by atoms with Crippen LogP contribution >= 0.6 is 0 Å². The van der Waals surface area contributed by atoms with Crippen LogP contribution in [0.25, 0.3) is 0 Å². The van der Waals surface area contributed by atoms with Gasteiger partial charge in [-0.05, 0) is 0 Å². The van der Waals surface area contributed by atoms with E-state index >= 15 is 0 Å². The molecule has 1 atom stereocenters. The van der Waals surface area contributed by atoms with E-state index < -0.39 is 27.9 Å². The van der Waals surface area contributed by atoms with Crippen LogP contribution in [0.1, 0.15) is 13.3 Å². The third-order valence-electron chi connectivity index (χ3n) is 1.85. The molecule has 0 amide bonds. The van der Waals surface area contributed by atoms with Crippen LogP contribution in [0.5, 0.6) is 0 Å². The maximum absolute atomic E-state index is 10.8. The topological polar surface area (TPSA) is 80.7 Å². The molecule has 0 saturated carbocycles. The first-order valence-electron chi connectivity index (χ1n) is 4.92.